The van der Waals surface area contributed by atoms with Crippen LogP contribution in [0.5, 0.6) is 0 Å². The fourth-order valence-electron chi connectivity index (χ4n) is 2.85. The van der Waals surface area contributed by atoms with Crippen molar-refractivity contribution < 1.29 is 12.8 Å². The van der Waals surface area contributed by atoms with Gasteiger partial charge in [-0.2, -0.15) is 0 Å². The molecule has 0 fully saturated rings. The van der Waals surface area contributed by atoms with Gasteiger partial charge in [-0.3, -0.25) is 9.71 Å². The van der Waals surface area contributed by atoms with Crippen LogP contribution in [0.3, 0.4) is 0 Å². The number of hydrogen-bond donors (Lipinski definition) is 2. The van der Waals surface area contributed by atoms with Crippen molar-refractivity contribution in [3.63, 3.8) is 0 Å². The van der Waals surface area contributed by atoms with Crippen LogP contribution in [0.4, 0.5) is 10.1 Å². The summed E-state index contributed by atoms with van der Waals surface area (Å²) in [7, 11) is -3.26. The number of hydrogen-bond acceptors (Lipinski definition) is 4. The van der Waals surface area contributed by atoms with E-state index in [1.54, 1.807) is 18.2 Å². The first-order valence-corrected chi connectivity index (χ1v) is 9.99. The molecule has 0 heterocycles. The molecule has 1 aliphatic rings. The maximum atomic E-state index is 13.8. The van der Waals surface area contributed by atoms with E-state index in [1.807, 2.05) is 25.1 Å². The molecule has 5 nitrogen and oxygen atoms in total. The fourth-order valence-corrected chi connectivity index (χ4v) is 3.41. The van der Waals surface area contributed by atoms with Gasteiger partial charge in [-0.25, -0.2) is 12.8 Å². The van der Waals surface area contributed by atoms with E-state index in [-0.39, 0.29) is 17.8 Å². The molecule has 7 heteroatoms. The van der Waals surface area contributed by atoms with E-state index >= 15 is 0 Å². The van der Waals surface area contributed by atoms with Crippen molar-refractivity contribution in [3.8, 4) is 0 Å². The quantitative estimate of drug-likeness (QED) is 0.696. The Morgan fingerprint density at radius 3 is 2.60 bits per heavy atom. The van der Waals surface area contributed by atoms with Gasteiger partial charge in [-0.1, -0.05) is 24.3 Å². The van der Waals surface area contributed by atoms with Crippen molar-refractivity contribution in [2.24, 2.45) is 10.9 Å². The second-order valence-electron chi connectivity index (χ2n) is 6.21. The van der Waals surface area contributed by atoms with Gasteiger partial charge in [-0.15, -0.1) is 0 Å². The van der Waals surface area contributed by atoms with Gasteiger partial charge in [0.1, 0.15) is 11.9 Å². The van der Waals surface area contributed by atoms with Gasteiger partial charge in [0, 0.05) is 17.6 Å². The molecule has 0 bridgehead atoms. The lowest BCUT2D eigenvalue weighted by atomic mass is 9.88. The maximum absolute atomic E-state index is 13.8. The highest BCUT2D eigenvalue weighted by atomic mass is 32.2. The highest BCUT2D eigenvalue weighted by molar-refractivity contribution is 7.92. The number of anilines is 1. The molecule has 0 amide bonds. The minimum atomic E-state index is -3.26. The number of halogens is 1. The molecule has 25 heavy (non-hydrogen) atoms. The first-order valence-electron chi connectivity index (χ1n) is 8.10. The van der Waals surface area contributed by atoms with Crippen LogP contribution in [0.15, 0.2) is 53.3 Å². The minimum Gasteiger partial charge on any atom is -0.313 e. The minimum absolute atomic E-state index is 0.0531. The molecule has 0 radical (unpaired) electrons. The monoisotopic (exact) mass is 365 g/mol. The Morgan fingerprint density at radius 1 is 1.32 bits per heavy atom. The van der Waals surface area contributed by atoms with Crippen molar-refractivity contribution in [1.82, 2.24) is 5.32 Å². The summed E-state index contributed by atoms with van der Waals surface area (Å²) in [5.74, 6) is -0.325. The van der Waals surface area contributed by atoms with E-state index in [2.05, 4.69) is 21.7 Å². The predicted molar refractivity (Wildman–Crippen MR) is 101 cm³/mol. The Labute approximate surface area is 148 Å². The molecule has 2 rings (SSSR count). The predicted octanol–water partition coefficient (Wildman–Crippen LogP) is 2.69. The number of benzene rings is 1. The standard InChI is InChI=1S/C18H24FN3O2S/c1-13(16-5-4-6-17(19)18(16)20-2)21-12-11-14-7-9-15(10-8-14)22-25(3,23)24/h4-10,13,16,18,21-22H,2,11-12H2,1,3H3. The zero-order chi connectivity index (χ0) is 18.4. The van der Waals surface area contributed by atoms with Crippen LogP contribution in [0.2, 0.25) is 0 Å². The van der Waals surface area contributed by atoms with Crippen molar-refractivity contribution in [3.05, 3.63) is 53.9 Å². The van der Waals surface area contributed by atoms with Gasteiger partial charge < -0.3 is 5.32 Å². The van der Waals surface area contributed by atoms with Crippen molar-refractivity contribution in [2.75, 3.05) is 17.5 Å². The number of nitrogens with zero attached hydrogens (tertiary/aromatic N) is 1. The van der Waals surface area contributed by atoms with Crippen LogP contribution >= 0.6 is 0 Å². The zero-order valence-corrected chi connectivity index (χ0v) is 15.3. The summed E-state index contributed by atoms with van der Waals surface area (Å²) in [5.41, 5.74) is 1.63. The van der Waals surface area contributed by atoms with E-state index in [1.165, 1.54) is 6.08 Å². The lowest BCUT2D eigenvalue weighted by molar-refractivity contribution is 0.366. The van der Waals surface area contributed by atoms with E-state index in [9.17, 15) is 12.8 Å². The Hall–Kier alpha value is -1.99. The van der Waals surface area contributed by atoms with Gasteiger partial charge in [0.15, 0.2) is 0 Å². The fraction of sp³-hybridized carbons (Fsp3) is 0.389. The molecule has 0 spiro atoms. The SMILES string of the molecule is C=NC1C(F)=CC=CC1C(C)NCCc1ccc(NS(C)(=O)=O)cc1. The van der Waals surface area contributed by atoms with Gasteiger partial charge in [-0.05, 0) is 50.4 Å². The molecule has 0 saturated carbocycles. The second-order valence-corrected chi connectivity index (χ2v) is 7.95. The number of allylic oxidation sites excluding steroid dienone is 2. The summed E-state index contributed by atoms with van der Waals surface area (Å²) in [6.45, 7) is 6.21. The summed E-state index contributed by atoms with van der Waals surface area (Å²) in [4.78, 5) is 3.90. The second kappa shape index (κ2) is 8.40. The van der Waals surface area contributed by atoms with Gasteiger partial charge in [0.25, 0.3) is 0 Å². The third kappa shape index (κ3) is 5.79. The summed E-state index contributed by atoms with van der Waals surface area (Å²) in [5, 5.41) is 3.39. The third-order valence-electron chi connectivity index (χ3n) is 4.15. The molecule has 2 N–H and O–H groups in total. The van der Waals surface area contributed by atoms with Crippen LogP contribution < -0.4 is 10.0 Å². The Balaban J connectivity index is 1.85. The molecule has 1 aromatic carbocycles. The summed E-state index contributed by atoms with van der Waals surface area (Å²) < 4.78 is 38.6. The van der Waals surface area contributed by atoms with Gasteiger partial charge in [0.2, 0.25) is 10.0 Å². The molecular formula is C18H24FN3O2S. The molecule has 1 aromatic rings. The topological polar surface area (TPSA) is 70.6 Å². The first kappa shape index (κ1) is 19.3. The van der Waals surface area contributed by atoms with Crippen LogP contribution in [0.25, 0.3) is 0 Å². The normalized spacial score (nSPS) is 21.5. The number of rotatable bonds is 8. The molecule has 0 aliphatic heterocycles. The number of aliphatic imine (C=N–C) groups is 1. The number of sulfonamides is 1. The summed E-state index contributed by atoms with van der Waals surface area (Å²) in [6.07, 6.45) is 6.99. The Kier molecular flexibility index (Phi) is 6.50. The summed E-state index contributed by atoms with van der Waals surface area (Å²) >= 11 is 0. The van der Waals surface area contributed by atoms with Crippen molar-refractivity contribution in [1.29, 1.82) is 0 Å². The average molecular weight is 365 g/mol. The molecule has 136 valence electrons. The Bertz CT molecular complexity index is 757. The zero-order valence-electron chi connectivity index (χ0n) is 14.4. The molecule has 3 unspecified atom stereocenters. The van der Waals surface area contributed by atoms with E-state index in [0.29, 0.717) is 5.69 Å². The van der Waals surface area contributed by atoms with Crippen LogP contribution in [-0.2, 0) is 16.4 Å². The maximum Gasteiger partial charge on any atom is 0.229 e. The Morgan fingerprint density at radius 2 is 2.00 bits per heavy atom. The van der Waals surface area contributed by atoms with Crippen molar-refractivity contribution >= 4 is 22.4 Å². The lowest BCUT2D eigenvalue weighted by Gasteiger charge is -2.28. The van der Waals surface area contributed by atoms with Crippen LogP contribution in [0.1, 0.15) is 12.5 Å². The van der Waals surface area contributed by atoms with Gasteiger partial charge in [0.05, 0.1) is 6.26 Å². The highest BCUT2D eigenvalue weighted by Gasteiger charge is 2.28. The molecule has 0 saturated heterocycles. The third-order valence-corrected chi connectivity index (χ3v) is 4.75. The lowest BCUT2D eigenvalue weighted by Crippen LogP contribution is -2.40. The highest BCUT2D eigenvalue weighted by Crippen LogP contribution is 2.26. The van der Waals surface area contributed by atoms with Crippen LogP contribution in [0, 0.1) is 5.92 Å². The molecule has 1 aliphatic carbocycles. The van der Waals surface area contributed by atoms with Gasteiger partial charge >= 0.3 is 0 Å². The summed E-state index contributed by atoms with van der Waals surface area (Å²) in [6, 6.07) is 6.77. The first-order chi connectivity index (χ1) is 11.8. The van der Waals surface area contributed by atoms with E-state index in [4.69, 9.17) is 0 Å². The van der Waals surface area contributed by atoms with Crippen molar-refractivity contribution in [2.45, 2.75) is 25.4 Å². The smallest absolute Gasteiger partial charge is 0.229 e. The number of nitrogens with one attached hydrogen (secondary N) is 2. The van der Waals surface area contributed by atoms with Crippen LogP contribution in [-0.4, -0.2) is 40.0 Å². The largest absolute Gasteiger partial charge is 0.313 e. The molecular weight excluding hydrogens is 341 g/mol. The van der Waals surface area contributed by atoms with E-state index in [0.717, 1.165) is 24.8 Å². The molecule has 0 aromatic heterocycles. The average Bonchev–Trinajstić information content (AvgIpc) is 2.54. The molecule has 3 atom stereocenters. The van der Waals surface area contributed by atoms with E-state index < -0.39 is 16.1 Å².